The van der Waals surface area contributed by atoms with Crippen molar-refractivity contribution in [2.75, 3.05) is 0 Å². The molecule has 20 heavy (non-hydrogen) atoms. The number of nitrogens with zero attached hydrogens (tertiary/aromatic N) is 2. The minimum atomic E-state index is 0.00896. The minimum absolute atomic E-state index is 0.00896. The number of aromatic nitrogens is 2. The lowest BCUT2D eigenvalue weighted by Gasteiger charge is -2.07. The maximum atomic E-state index is 12.5. The number of hydrogen-bond acceptors (Lipinski definition) is 2. The molecular formula is C14H13Br2ClN2O. The third kappa shape index (κ3) is 3.15. The van der Waals surface area contributed by atoms with Crippen LogP contribution in [0.25, 0.3) is 0 Å². The number of ketones is 1. The van der Waals surface area contributed by atoms with Gasteiger partial charge in [0.05, 0.1) is 22.8 Å². The Kier molecular flexibility index (Phi) is 5.04. The first kappa shape index (κ1) is 15.7. The molecule has 0 radical (unpaired) electrons. The molecule has 0 N–H and O–H groups in total. The molecule has 0 bridgehead atoms. The molecule has 0 atom stereocenters. The van der Waals surface area contributed by atoms with Crippen molar-refractivity contribution in [2.24, 2.45) is 0 Å². The fourth-order valence-electron chi connectivity index (χ4n) is 2.00. The molecule has 0 aliphatic heterocycles. The van der Waals surface area contributed by atoms with Gasteiger partial charge in [0.15, 0.2) is 5.78 Å². The van der Waals surface area contributed by atoms with Crippen molar-refractivity contribution in [3.63, 3.8) is 0 Å². The third-order valence-corrected chi connectivity index (χ3v) is 4.69. The van der Waals surface area contributed by atoms with Crippen LogP contribution in [0.4, 0.5) is 0 Å². The van der Waals surface area contributed by atoms with Crippen LogP contribution in [0.5, 0.6) is 0 Å². The molecule has 2 rings (SSSR count). The Bertz CT molecular complexity index is 667. The molecule has 1 heterocycles. The number of benzene rings is 1. The molecule has 3 nitrogen and oxygen atoms in total. The second-order valence-corrected chi connectivity index (χ2v) is 6.53. The number of aryl methyl sites for hydroxylation is 2. The lowest BCUT2D eigenvalue weighted by molar-refractivity contribution is 0.0989. The van der Waals surface area contributed by atoms with Gasteiger partial charge < -0.3 is 0 Å². The average molecular weight is 421 g/mol. The highest BCUT2D eigenvalue weighted by Gasteiger charge is 2.18. The van der Waals surface area contributed by atoms with Crippen LogP contribution >= 0.6 is 43.5 Å². The summed E-state index contributed by atoms with van der Waals surface area (Å²) >= 11 is 13.0. The van der Waals surface area contributed by atoms with E-state index < -0.39 is 0 Å². The second kappa shape index (κ2) is 6.41. The van der Waals surface area contributed by atoms with Crippen LogP contribution in [0.1, 0.15) is 28.7 Å². The molecule has 0 aliphatic rings. The molecule has 106 valence electrons. The molecule has 1 aromatic carbocycles. The number of Topliss-reactive ketones (excluding diaryl/α,β-unsaturated/α-hetero) is 1. The predicted octanol–water partition coefficient (Wildman–Crippen LogP) is 4.82. The van der Waals surface area contributed by atoms with Crippen LogP contribution in [0.15, 0.2) is 27.1 Å². The summed E-state index contributed by atoms with van der Waals surface area (Å²) < 4.78 is 3.43. The van der Waals surface area contributed by atoms with Crippen molar-refractivity contribution in [3.05, 3.63) is 49.1 Å². The summed E-state index contributed by atoms with van der Waals surface area (Å²) in [5.74, 6) is 0.00896. The molecular weight excluding hydrogens is 407 g/mol. The molecule has 0 saturated carbocycles. The van der Waals surface area contributed by atoms with E-state index in [4.69, 9.17) is 11.6 Å². The van der Waals surface area contributed by atoms with Crippen molar-refractivity contribution < 1.29 is 4.79 Å². The summed E-state index contributed by atoms with van der Waals surface area (Å²) in [5, 5.41) is 4.90. The van der Waals surface area contributed by atoms with Gasteiger partial charge in [-0.3, -0.25) is 9.48 Å². The molecule has 0 unspecified atom stereocenters. The van der Waals surface area contributed by atoms with E-state index in [0.29, 0.717) is 17.1 Å². The van der Waals surface area contributed by atoms with Crippen LogP contribution in [-0.4, -0.2) is 15.6 Å². The fourth-order valence-corrected chi connectivity index (χ4v) is 3.03. The van der Waals surface area contributed by atoms with E-state index in [1.807, 2.05) is 26.0 Å². The largest absolute Gasteiger partial charge is 0.294 e. The van der Waals surface area contributed by atoms with E-state index in [0.717, 1.165) is 20.3 Å². The number of halogens is 3. The van der Waals surface area contributed by atoms with Crippen molar-refractivity contribution in [1.82, 2.24) is 9.78 Å². The Labute approximate surface area is 139 Å². The van der Waals surface area contributed by atoms with E-state index in [1.54, 1.807) is 10.7 Å². The summed E-state index contributed by atoms with van der Waals surface area (Å²) in [6.45, 7) is 4.51. The van der Waals surface area contributed by atoms with E-state index in [2.05, 4.69) is 37.0 Å². The summed E-state index contributed by atoms with van der Waals surface area (Å²) in [6, 6.07) is 5.54. The van der Waals surface area contributed by atoms with Gasteiger partial charge in [-0.2, -0.15) is 5.10 Å². The molecule has 6 heteroatoms. The third-order valence-electron chi connectivity index (χ3n) is 3.01. The first-order valence-electron chi connectivity index (χ1n) is 6.14. The van der Waals surface area contributed by atoms with Gasteiger partial charge in [0.1, 0.15) is 0 Å². The van der Waals surface area contributed by atoms with Gasteiger partial charge in [-0.25, -0.2) is 0 Å². The smallest absolute Gasteiger partial charge is 0.170 e. The monoisotopic (exact) mass is 418 g/mol. The lowest BCUT2D eigenvalue weighted by atomic mass is 10.1. The minimum Gasteiger partial charge on any atom is -0.294 e. The maximum absolute atomic E-state index is 12.5. The normalized spacial score (nSPS) is 10.8. The highest BCUT2D eigenvalue weighted by atomic mass is 79.9. The number of hydrogen-bond donors (Lipinski definition) is 0. The van der Waals surface area contributed by atoms with Gasteiger partial charge in [0, 0.05) is 21.1 Å². The number of rotatable bonds is 4. The van der Waals surface area contributed by atoms with Crippen molar-refractivity contribution >= 4 is 49.2 Å². The van der Waals surface area contributed by atoms with E-state index in [-0.39, 0.29) is 12.2 Å². The van der Waals surface area contributed by atoms with Crippen molar-refractivity contribution in [2.45, 2.75) is 26.8 Å². The maximum Gasteiger partial charge on any atom is 0.170 e. The van der Waals surface area contributed by atoms with Crippen LogP contribution in [-0.2, 0) is 13.0 Å². The van der Waals surface area contributed by atoms with Crippen molar-refractivity contribution in [3.8, 4) is 0 Å². The second-order valence-electron chi connectivity index (χ2n) is 4.39. The van der Waals surface area contributed by atoms with Gasteiger partial charge in [-0.15, -0.1) is 0 Å². The van der Waals surface area contributed by atoms with E-state index in [9.17, 15) is 4.79 Å². The van der Waals surface area contributed by atoms with E-state index in [1.165, 1.54) is 0 Å². The Morgan fingerprint density at radius 3 is 2.75 bits per heavy atom. The van der Waals surface area contributed by atoms with E-state index >= 15 is 0 Å². The Hall–Kier alpha value is -0.650. The van der Waals surface area contributed by atoms with Gasteiger partial charge >= 0.3 is 0 Å². The zero-order chi connectivity index (χ0) is 14.9. The summed E-state index contributed by atoms with van der Waals surface area (Å²) in [4.78, 5) is 12.5. The zero-order valence-corrected chi connectivity index (χ0v) is 15.0. The predicted molar refractivity (Wildman–Crippen MR) is 87.5 cm³/mol. The van der Waals surface area contributed by atoms with Crippen LogP contribution in [0, 0.1) is 6.92 Å². The molecule has 0 amide bonds. The standard InChI is InChI=1S/C14H13Br2ClN2O/c1-3-19-12(14(17)8(2)18-19)7-13(20)10-6-9(15)4-5-11(10)16/h4-6H,3,7H2,1-2H3. The fraction of sp³-hybridized carbons (Fsp3) is 0.286. The lowest BCUT2D eigenvalue weighted by Crippen LogP contribution is -2.10. The number of carbonyl (C=O) groups excluding carboxylic acids is 1. The van der Waals surface area contributed by atoms with Gasteiger partial charge in [-0.1, -0.05) is 43.5 Å². The van der Waals surface area contributed by atoms with Crippen LogP contribution < -0.4 is 0 Å². The molecule has 1 aromatic heterocycles. The topological polar surface area (TPSA) is 34.9 Å². The van der Waals surface area contributed by atoms with Gasteiger partial charge in [-0.05, 0) is 32.0 Å². The quantitative estimate of drug-likeness (QED) is 0.665. The molecule has 0 aliphatic carbocycles. The summed E-state index contributed by atoms with van der Waals surface area (Å²) in [7, 11) is 0. The van der Waals surface area contributed by atoms with Crippen LogP contribution in [0.3, 0.4) is 0 Å². The molecule has 2 aromatic rings. The van der Waals surface area contributed by atoms with Gasteiger partial charge in [0.25, 0.3) is 0 Å². The SMILES string of the molecule is CCn1nc(C)c(Cl)c1CC(=O)c1cc(Br)ccc1Br. The summed E-state index contributed by atoms with van der Waals surface area (Å²) in [5.41, 5.74) is 2.16. The Morgan fingerprint density at radius 1 is 1.40 bits per heavy atom. The highest BCUT2D eigenvalue weighted by molar-refractivity contribution is 9.11. The van der Waals surface area contributed by atoms with Crippen molar-refractivity contribution in [1.29, 1.82) is 0 Å². The Balaban J connectivity index is 2.35. The molecule has 0 spiro atoms. The zero-order valence-electron chi connectivity index (χ0n) is 11.1. The van der Waals surface area contributed by atoms with Gasteiger partial charge in [0.2, 0.25) is 0 Å². The molecule has 0 saturated heterocycles. The average Bonchev–Trinajstić information content (AvgIpc) is 2.69. The summed E-state index contributed by atoms with van der Waals surface area (Å²) in [6.07, 6.45) is 0.239. The highest BCUT2D eigenvalue weighted by Crippen LogP contribution is 2.26. The Morgan fingerprint density at radius 2 is 2.10 bits per heavy atom. The van der Waals surface area contributed by atoms with Crippen LogP contribution in [0.2, 0.25) is 5.02 Å². The number of carbonyl (C=O) groups is 1. The molecule has 0 fully saturated rings. The first-order valence-corrected chi connectivity index (χ1v) is 8.10. The first-order chi connectivity index (χ1) is 9.43.